The number of hydrogen-bond donors (Lipinski definition) is 2. The van der Waals surface area contributed by atoms with E-state index in [0.29, 0.717) is 0 Å². The van der Waals surface area contributed by atoms with E-state index in [0.717, 1.165) is 6.07 Å². The maximum atomic E-state index is 11.4. The molecule has 1 saturated heterocycles. The van der Waals surface area contributed by atoms with Crippen LogP contribution in [-0.2, 0) is 17.5 Å². The van der Waals surface area contributed by atoms with Gasteiger partial charge in [0.15, 0.2) is 0 Å². The number of carbonyl (C=O) groups is 1. The van der Waals surface area contributed by atoms with Gasteiger partial charge in [-0.2, -0.15) is 0 Å². The van der Waals surface area contributed by atoms with E-state index in [4.69, 9.17) is 19.2 Å². The van der Waals surface area contributed by atoms with Gasteiger partial charge in [-0.3, -0.25) is 0 Å². The number of nitrogens with one attached hydrogen (secondary N) is 2. The molecule has 1 aromatic carbocycles. The van der Waals surface area contributed by atoms with Gasteiger partial charge >= 0.3 is 6.09 Å². The largest absolute Gasteiger partial charge is 0.447 e. The molecular weight excluding hydrogens is 266 g/mol. The van der Waals surface area contributed by atoms with Gasteiger partial charge in [-0.1, -0.05) is 6.07 Å². The molecule has 0 bridgehead atoms. The van der Waals surface area contributed by atoms with Crippen molar-refractivity contribution in [2.45, 2.75) is 18.8 Å². The molecule has 1 amide bonds. The van der Waals surface area contributed by atoms with Crippen molar-refractivity contribution in [1.82, 2.24) is 15.2 Å². The van der Waals surface area contributed by atoms with Crippen molar-refractivity contribution in [3.05, 3.63) is 35.5 Å². The number of carbonyl (C=O) groups excluding carboxylic acids is 1. The van der Waals surface area contributed by atoms with Gasteiger partial charge in [-0.15, -0.1) is 0 Å². The van der Waals surface area contributed by atoms with Crippen LogP contribution in [0.1, 0.15) is 30.3 Å². The van der Waals surface area contributed by atoms with Crippen molar-refractivity contribution in [1.29, 1.82) is 0 Å². The highest BCUT2D eigenvalue weighted by molar-refractivity contribution is 5.84. The molecule has 0 spiro atoms. The van der Waals surface area contributed by atoms with Crippen LogP contribution in [-0.4, -0.2) is 49.1 Å². The predicted molar refractivity (Wildman–Crippen MR) is 82.5 cm³/mol. The molecule has 21 heavy (non-hydrogen) atoms. The van der Waals surface area contributed by atoms with Gasteiger partial charge in [-0.05, 0) is 50.0 Å². The summed E-state index contributed by atoms with van der Waals surface area (Å²) in [6.07, 6.45) is -7.74. The maximum absolute atomic E-state index is 11.4. The fourth-order valence-corrected chi connectivity index (χ4v) is 1.92. The summed E-state index contributed by atoms with van der Waals surface area (Å²) in [7, 11) is 0. The van der Waals surface area contributed by atoms with Gasteiger partial charge in [0.05, 0.1) is 8.76 Å². The Morgan fingerprint density at radius 3 is 3.29 bits per heavy atom. The van der Waals surface area contributed by atoms with Crippen molar-refractivity contribution in [2.24, 2.45) is 0 Å². The Morgan fingerprint density at radius 2 is 2.52 bits per heavy atom. The number of hydrogen-bond acceptors (Lipinski definition) is 3. The van der Waals surface area contributed by atoms with Crippen molar-refractivity contribution in [2.75, 3.05) is 27.1 Å². The van der Waals surface area contributed by atoms with E-state index in [1.807, 2.05) is 0 Å². The van der Waals surface area contributed by atoms with Crippen LogP contribution in [0.15, 0.2) is 24.4 Å². The Labute approximate surface area is 143 Å². The van der Waals surface area contributed by atoms with Gasteiger partial charge in [0.2, 0.25) is 0 Å². The number of amides is 1. The van der Waals surface area contributed by atoms with Crippen molar-refractivity contribution in [3.63, 3.8) is 0 Å². The molecule has 0 unspecified atom stereocenters. The molecule has 0 saturated carbocycles. The number of rotatable bonds is 5. The standard InChI is InChI=1S/C16H21N3O2/c1-19(2)6-5-12-9-17-15-4-3-11(8-14(12)15)7-13-10-21-16(20)18-13/h3-4,8-9,13,17H,5-7,10H2,1-2H3,(H,18,20)/t13-/m0/s1/i1D3,2D3,5D2,6D2,7D2,9D,13D. The van der Waals surface area contributed by atoms with Gasteiger partial charge in [0, 0.05) is 40.0 Å². The van der Waals surface area contributed by atoms with E-state index in [9.17, 15) is 4.79 Å². The number of likely N-dealkylation sites (N-methyl/N-ethyl adjacent to an activating group) is 1. The van der Waals surface area contributed by atoms with Gasteiger partial charge in [0.1, 0.15) is 6.61 Å². The Kier molecular flexibility index (Phi) is 1.38. The third kappa shape index (κ3) is 3.19. The molecule has 2 aromatic rings. The molecular formula is C16H21N3O2. The second-order valence-electron chi connectivity index (χ2n) is 4.26. The zero-order chi connectivity index (χ0) is 27.0. The summed E-state index contributed by atoms with van der Waals surface area (Å²) in [6.45, 7) is -11.5. The number of aromatic amines is 1. The SMILES string of the molecule is [2H]c1[nH]c2ccc(C([2H])([2H])[C@@]3([2H])COC(=O)N3)cc2c1C([2H])([2H])C([2H])([2H])N(C([2H])([2H])[2H])C([2H])([2H])[2H]. The van der Waals surface area contributed by atoms with E-state index in [-0.39, 0.29) is 16.5 Å². The molecule has 1 aromatic heterocycles. The molecule has 0 radical (unpaired) electrons. The first-order valence-corrected chi connectivity index (χ1v) is 5.96. The minimum atomic E-state index is -3.70. The second kappa shape index (κ2) is 5.77. The van der Waals surface area contributed by atoms with Crippen LogP contribution in [0, 0.1) is 0 Å². The lowest BCUT2D eigenvalue weighted by Crippen LogP contribution is -2.28. The minimum Gasteiger partial charge on any atom is -0.447 e. The summed E-state index contributed by atoms with van der Waals surface area (Å²) in [5.41, 5.74) is -0.963. The lowest BCUT2D eigenvalue weighted by atomic mass is 10.0. The van der Waals surface area contributed by atoms with Crippen LogP contribution in [0.5, 0.6) is 0 Å². The predicted octanol–water partition coefficient (Wildman–Crippen LogP) is 1.92. The van der Waals surface area contributed by atoms with Gasteiger partial charge < -0.3 is 19.9 Å². The van der Waals surface area contributed by atoms with Crippen LogP contribution in [0.3, 0.4) is 0 Å². The molecule has 3 rings (SSSR count). The molecule has 112 valence electrons. The summed E-state index contributed by atoms with van der Waals surface area (Å²) in [5.74, 6) is 0. The summed E-state index contributed by atoms with van der Waals surface area (Å²) < 4.78 is 116. The fourth-order valence-electron chi connectivity index (χ4n) is 1.92. The first-order valence-electron chi connectivity index (χ1n) is 13.0. The summed E-state index contributed by atoms with van der Waals surface area (Å²) >= 11 is 0. The topological polar surface area (TPSA) is 57.4 Å². The van der Waals surface area contributed by atoms with Crippen LogP contribution >= 0.6 is 0 Å². The highest BCUT2D eigenvalue weighted by atomic mass is 16.6. The zero-order valence-electron chi connectivity index (χ0n) is 24.7. The average molecular weight is 301 g/mol. The van der Waals surface area contributed by atoms with Gasteiger partial charge in [0.25, 0.3) is 0 Å². The number of aryl methyl sites for hydroxylation is 1. The molecule has 2 heterocycles. The number of benzene rings is 1. The lowest BCUT2D eigenvalue weighted by molar-refractivity contribution is 0.177. The average Bonchev–Trinajstić information content (AvgIpc) is 3.17. The maximum Gasteiger partial charge on any atom is 0.407 e. The lowest BCUT2D eigenvalue weighted by Gasteiger charge is -2.09. The van der Waals surface area contributed by atoms with Crippen molar-refractivity contribution < 1.29 is 28.7 Å². The number of aromatic nitrogens is 1. The third-order valence-corrected chi connectivity index (χ3v) is 2.80. The number of cyclic esters (lactones) is 1. The highest BCUT2D eigenvalue weighted by Gasteiger charge is 2.22. The molecule has 1 fully saturated rings. The zero-order valence-corrected chi connectivity index (χ0v) is 10.7. The first kappa shape index (κ1) is 5.02. The minimum absolute atomic E-state index is 0.0456. The molecule has 5 nitrogen and oxygen atoms in total. The smallest absolute Gasteiger partial charge is 0.407 e. The third-order valence-electron chi connectivity index (χ3n) is 2.80. The Morgan fingerprint density at radius 1 is 1.62 bits per heavy atom. The first-order chi connectivity index (χ1) is 15.6. The van der Waals surface area contributed by atoms with Crippen LogP contribution in [0.2, 0.25) is 0 Å². The second-order valence-corrected chi connectivity index (χ2v) is 4.26. The molecule has 5 heteroatoms. The van der Waals surface area contributed by atoms with E-state index < -0.39 is 68.5 Å². The Hall–Kier alpha value is -2.01. The van der Waals surface area contributed by atoms with Crippen molar-refractivity contribution >= 4 is 17.0 Å². The number of nitrogens with zero attached hydrogens (tertiary/aromatic N) is 1. The van der Waals surface area contributed by atoms with E-state index in [1.54, 1.807) is 0 Å². The van der Waals surface area contributed by atoms with E-state index in [2.05, 4.69) is 15.0 Å². The fraction of sp³-hybridized carbons (Fsp3) is 0.438. The van der Waals surface area contributed by atoms with Crippen molar-refractivity contribution in [3.8, 4) is 0 Å². The molecule has 0 aliphatic carbocycles. The summed E-state index contributed by atoms with van der Waals surface area (Å²) in [5, 5.41) is 1.82. The number of fused-ring (bicyclic) bond motifs is 1. The molecule has 1 aliphatic rings. The molecule has 1 atom stereocenters. The van der Waals surface area contributed by atoms with Crippen LogP contribution in [0.25, 0.3) is 10.9 Å². The number of H-pyrrole nitrogens is 1. The Bertz CT molecular complexity index is 1140. The normalized spacial score (nSPS) is 34.8. The quantitative estimate of drug-likeness (QED) is 0.887. The van der Waals surface area contributed by atoms with Gasteiger partial charge in [-0.25, -0.2) is 4.79 Å². The Balaban J connectivity index is 2.22. The summed E-state index contributed by atoms with van der Waals surface area (Å²) in [6, 6.07) is 1.22. The number of ether oxygens (including phenoxy) is 1. The monoisotopic (exact) mass is 301 g/mol. The van der Waals surface area contributed by atoms with E-state index >= 15 is 0 Å². The molecule has 2 N–H and O–H groups in total. The number of alkyl carbamates (subject to hydrolysis) is 1. The van der Waals surface area contributed by atoms with Crippen LogP contribution in [0.4, 0.5) is 4.79 Å². The molecule has 1 aliphatic heterocycles. The highest BCUT2D eigenvalue weighted by Crippen LogP contribution is 2.21. The summed E-state index contributed by atoms with van der Waals surface area (Å²) in [4.78, 5) is 13.4. The van der Waals surface area contributed by atoms with E-state index in [1.165, 1.54) is 12.1 Å². The van der Waals surface area contributed by atoms with Crippen LogP contribution < -0.4 is 5.32 Å².